The van der Waals surface area contributed by atoms with Gasteiger partial charge in [0, 0.05) is 26.1 Å². The Morgan fingerprint density at radius 3 is 1.89 bits per heavy atom. The number of hydrogen-bond donors (Lipinski definition) is 2. The van der Waals surface area contributed by atoms with Crippen LogP contribution >= 0.6 is 8.18 Å². The predicted octanol–water partition coefficient (Wildman–Crippen LogP) is 10.9. The summed E-state index contributed by atoms with van der Waals surface area (Å²) >= 11 is 0. The molecule has 0 saturated heterocycles. The minimum absolute atomic E-state index is 0.0769. The number of fused-ring (bicyclic) bond motifs is 1. The highest BCUT2D eigenvalue weighted by molar-refractivity contribution is 7.36. The van der Waals surface area contributed by atoms with Crippen LogP contribution in [0.4, 0.5) is 19.0 Å². The maximum atomic E-state index is 14.0. The van der Waals surface area contributed by atoms with Crippen molar-refractivity contribution in [3.8, 4) is 0 Å². The average Bonchev–Trinajstić information content (AvgIpc) is 3.59. The van der Waals surface area contributed by atoms with Crippen LogP contribution in [0, 0.1) is 17.7 Å². The Morgan fingerprint density at radius 1 is 0.842 bits per heavy atom. The lowest BCUT2D eigenvalue weighted by molar-refractivity contribution is -0.145. The number of nitrogens with two attached hydrogens (primary N) is 1. The van der Waals surface area contributed by atoms with Crippen molar-refractivity contribution >= 4 is 31.1 Å². The quantitative estimate of drug-likeness (QED) is 0.0264. The van der Waals surface area contributed by atoms with Gasteiger partial charge in [0.25, 0.3) is 0 Å². The summed E-state index contributed by atoms with van der Waals surface area (Å²) in [5, 5.41) is 2.65. The van der Waals surface area contributed by atoms with E-state index in [2.05, 4.69) is 27.0 Å². The van der Waals surface area contributed by atoms with Gasteiger partial charge in [-0.2, -0.15) is 14.4 Å². The van der Waals surface area contributed by atoms with Crippen molar-refractivity contribution in [3.63, 3.8) is 0 Å². The predicted molar refractivity (Wildman–Crippen MR) is 219 cm³/mol. The molecule has 0 fully saturated rings. The standard InChI is InChI=1S/C42H67F3N6O5P/c1-4-5-6-7-8-9-10-11-12-13-14-15-16-17-18-19-20-21-22-23-26-55-40(52)36(29-33-27-34(43)30-35(44)28-33)50-57(53)56-31-42(2,54-3)24-25-51-32-47-37-38(46)48-41(45)49-39(37)51/h27-28,30,32,36H,4-26,29,31H2,1-3H3,(H,50,53)(H2,46,48,49)/q+1/t36-,42-/m0/s1. The number of hydrogen-bond acceptors (Lipinski definition) is 9. The smallest absolute Gasteiger partial charge is 0.464 e. The molecule has 320 valence electrons. The number of carbonyl (C=O) groups is 1. The molecule has 15 heteroatoms. The third-order valence-electron chi connectivity index (χ3n) is 10.5. The van der Waals surface area contributed by atoms with E-state index < -0.39 is 43.5 Å². The molecule has 0 spiro atoms. The monoisotopic (exact) mass is 823 g/mol. The summed E-state index contributed by atoms with van der Waals surface area (Å²) in [5.41, 5.74) is 5.47. The first-order valence-electron chi connectivity index (χ1n) is 21.2. The first kappa shape index (κ1) is 48.2. The number of methoxy groups -OCH3 is 1. The number of nitrogen functional groups attached to an aromatic ring is 1. The second-order valence-electron chi connectivity index (χ2n) is 15.5. The van der Waals surface area contributed by atoms with Gasteiger partial charge in [-0.3, -0.25) is 4.79 Å². The van der Waals surface area contributed by atoms with Gasteiger partial charge < -0.3 is 19.8 Å². The van der Waals surface area contributed by atoms with Crippen LogP contribution in [0.25, 0.3) is 11.2 Å². The number of imidazole rings is 1. The number of unbranched alkanes of at least 4 members (excludes halogenated alkanes) is 19. The van der Waals surface area contributed by atoms with Gasteiger partial charge in [-0.1, -0.05) is 134 Å². The third kappa shape index (κ3) is 19.4. The molecular weight excluding hydrogens is 756 g/mol. The van der Waals surface area contributed by atoms with Crippen molar-refractivity contribution in [2.45, 2.75) is 173 Å². The largest absolute Gasteiger partial charge is 0.613 e. The zero-order valence-electron chi connectivity index (χ0n) is 34.6. The summed E-state index contributed by atoms with van der Waals surface area (Å²) in [4.78, 5) is 24.6. The number of rotatable bonds is 33. The topological polar surface area (TPSA) is 143 Å². The lowest BCUT2D eigenvalue weighted by Crippen LogP contribution is -2.38. The second kappa shape index (κ2) is 27.5. The van der Waals surface area contributed by atoms with E-state index >= 15 is 0 Å². The number of aryl methyl sites for hydroxylation is 1. The maximum absolute atomic E-state index is 14.0. The van der Waals surface area contributed by atoms with Crippen molar-refractivity contribution in [1.29, 1.82) is 0 Å². The SMILES string of the molecule is CCCCCCCCCCCCCCCCCCCCCCOC(=O)[C@H](Cc1cc(F)cc(F)c1)N[P+](=O)OC[C@](C)(CCn1cnc2c(N)nc(F)nc21)OC. The van der Waals surface area contributed by atoms with Crippen molar-refractivity contribution < 1.29 is 36.5 Å². The van der Waals surface area contributed by atoms with E-state index in [0.29, 0.717) is 12.8 Å². The normalized spacial score (nSPS) is 13.5. The molecular formula is C42H67F3N6O5P+. The highest BCUT2D eigenvalue weighted by atomic mass is 31.1. The molecule has 3 rings (SSSR count). The minimum atomic E-state index is -2.64. The first-order chi connectivity index (χ1) is 27.5. The molecule has 0 amide bonds. The summed E-state index contributed by atoms with van der Waals surface area (Å²) < 4.78 is 73.2. The molecule has 0 aliphatic heterocycles. The van der Waals surface area contributed by atoms with Crippen LogP contribution in [0.3, 0.4) is 0 Å². The molecule has 11 nitrogen and oxygen atoms in total. The van der Waals surface area contributed by atoms with Crippen molar-refractivity contribution in [1.82, 2.24) is 24.6 Å². The molecule has 0 saturated carbocycles. The Balaban J connectivity index is 1.32. The number of ether oxygens (including phenoxy) is 2. The summed E-state index contributed by atoms with van der Waals surface area (Å²) in [6, 6.07) is 1.78. The molecule has 0 bridgehead atoms. The fourth-order valence-corrected chi connectivity index (χ4v) is 7.74. The van der Waals surface area contributed by atoms with Crippen LogP contribution < -0.4 is 10.8 Å². The van der Waals surface area contributed by atoms with E-state index in [1.54, 1.807) is 11.5 Å². The third-order valence-corrected chi connectivity index (χ3v) is 11.4. The summed E-state index contributed by atoms with van der Waals surface area (Å²) in [7, 11) is -1.18. The number of nitrogens with one attached hydrogen (secondary N) is 1. The molecule has 2 heterocycles. The van der Waals surface area contributed by atoms with Gasteiger partial charge in [-0.15, -0.1) is 4.52 Å². The van der Waals surface area contributed by atoms with Crippen LogP contribution in [0.15, 0.2) is 24.5 Å². The molecule has 3 atom stereocenters. The minimum Gasteiger partial charge on any atom is -0.464 e. The fourth-order valence-electron chi connectivity index (χ4n) is 6.83. The number of anilines is 1. The van der Waals surface area contributed by atoms with Gasteiger partial charge >= 0.3 is 20.2 Å². The van der Waals surface area contributed by atoms with Crippen molar-refractivity contribution in [3.05, 3.63) is 47.8 Å². The van der Waals surface area contributed by atoms with E-state index in [-0.39, 0.29) is 48.7 Å². The van der Waals surface area contributed by atoms with E-state index in [4.69, 9.17) is 19.7 Å². The molecule has 1 aromatic carbocycles. The molecule has 3 aromatic rings. The average molecular weight is 824 g/mol. The highest BCUT2D eigenvalue weighted by Gasteiger charge is 2.35. The molecule has 3 N–H and O–H groups in total. The van der Waals surface area contributed by atoms with Crippen molar-refractivity contribution in [2.75, 3.05) is 26.1 Å². The number of nitrogens with zero attached hydrogens (tertiary/aromatic N) is 4. The molecule has 0 aliphatic carbocycles. The van der Waals surface area contributed by atoms with Gasteiger partial charge in [-0.25, -0.2) is 13.8 Å². The Kier molecular flexibility index (Phi) is 23.2. The lowest BCUT2D eigenvalue weighted by Gasteiger charge is -2.25. The molecule has 2 aromatic heterocycles. The Hall–Kier alpha value is -3.19. The van der Waals surface area contributed by atoms with Crippen molar-refractivity contribution in [2.24, 2.45) is 0 Å². The van der Waals surface area contributed by atoms with Gasteiger partial charge in [0.1, 0.15) is 23.8 Å². The fraction of sp³-hybridized carbons (Fsp3) is 0.714. The number of carbonyl (C=O) groups excluding carboxylic acids is 1. The maximum Gasteiger partial charge on any atom is 0.613 e. The number of halogens is 3. The van der Waals surface area contributed by atoms with Crippen LogP contribution in [-0.4, -0.2) is 57.5 Å². The van der Waals surface area contributed by atoms with Crippen LogP contribution in [-0.2, 0) is 36.3 Å². The van der Waals surface area contributed by atoms with Crippen LogP contribution in [0.2, 0.25) is 0 Å². The molecule has 0 aliphatic rings. The van der Waals surface area contributed by atoms with E-state index in [9.17, 15) is 22.5 Å². The van der Waals surface area contributed by atoms with E-state index in [1.165, 1.54) is 116 Å². The zero-order chi connectivity index (χ0) is 41.3. The number of benzene rings is 1. The molecule has 1 unspecified atom stereocenters. The first-order valence-corrected chi connectivity index (χ1v) is 22.4. The van der Waals surface area contributed by atoms with E-state index in [0.717, 1.165) is 37.5 Å². The van der Waals surface area contributed by atoms with E-state index in [1.807, 2.05) is 0 Å². The van der Waals surface area contributed by atoms with Crippen LogP contribution in [0.5, 0.6) is 0 Å². The Morgan fingerprint density at radius 2 is 1.37 bits per heavy atom. The second-order valence-corrected chi connectivity index (χ2v) is 16.5. The molecule has 57 heavy (non-hydrogen) atoms. The molecule has 0 radical (unpaired) electrons. The Labute approximate surface area is 338 Å². The number of aromatic nitrogens is 4. The van der Waals surface area contributed by atoms with Crippen LogP contribution in [0.1, 0.15) is 154 Å². The highest BCUT2D eigenvalue weighted by Crippen LogP contribution is 2.27. The lowest BCUT2D eigenvalue weighted by atomic mass is 10.0. The van der Waals surface area contributed by atoms with Gasteiger partial charge in [-0.05, 0) is 42.0 Å². The van der Waals surface area contributed by atoms with Gasteiger partial charge in [0.2, 0.25) is 0 Å². The zero-order valence-corrected chi connectivity index (χ0v) is 35.4. The van der Waals surface area contributed by atoms with Gasteiger partial charge in [0.15, 0.2) is 17.5 Å². The summed E-state index contributed by atoms with van der Waals surface area (Å²) in [6.07, 6.45) is 26.0. The Bertz CT molecular complexity index is 1600. The summed E-state index contributed by atoms with van der Waals surface area (Å²) in [6.45, 7) is 4.31. The van der Waals surface area contributed by atoms with Gasteiger partial charge in [0.05, 0.1) is 18.5 Å². The summed E-state index contributed by atoms with van der Waals surface area (Å²) in [5.74, 6) is -2.35. The number of esters is 1.